The molecule has 4 heteroatoms. The Morgan fingerprint density at radius 2 is 2.40 bits per heavy atom. The van der Waals surface area contributed by atoms with Crippen LogP contribution in [0.15, 0.2) is 28.7 Å². The zero-order chi connectivity index (χ0) is 10.7. The van der Waals surface area contributed by atoms with Crippen molar-refractivity contribution in [2.75, 3.05) is 30.3 Å². The maximum Gasteiger partial charge on any atom is 0.0378 e. The third kappa shape index (κ3) is 2.89. The fourth-order valence-corrected chi connectivity index (χ4v) is 3.24. The number of hydrogen-bond donors (Lipinski definition) is 1. The second-order valence-corrected chi connectivity index (χ2v) is 5.98. The molecule has 1 heterocycles. The van der Waals surface area contributed by atoms with Crippen LogP contribution in [0.5, 0.6) is 0 Å². The molecular formula is C11H15BrN2S. The monoisotopic (exact) mass is 286 g/mol. The van der Waals surface area contributed by atoms with Gasteiger partial charge in [-0.2, -0.15) is 11.8 Å². The summed E-state index contributed by atoms with van der Waals surface area (Å²) in [6.45, 7) is 2.96. The molecule has 0 bridgehead atoms. The Balaban J connectivity index is 2.09. The number of nitrogens with zero attached hydrogens (tertiary/aromatic N) is 1. The minimum absolute atomic E-state index is 0.581. The Labute approximate surface area is 103 Å². The number of benzene rings is 1. The molecule has 15 heavy (non-hydrogen) atoms. The van der Waals surface area contributed by atoms with Crippen LogP contribution in [0.3, 0.4) is 0 Å². The lowest BCUT2D eigenvalue weighted by Gasteiger charge is -2.33. The summed E-state index contributed by atoms with van der Waals surface area (Å²) < 4.78 is 1.14. The summed E-state index contributed by atoms with van der Waals surface area (Å²) >= 11 is 5.49. The summed E-state index contributed by atoms with van der Waals surface area (Å²) in [5.74, 6) is 1.17. The van der Waals surface area contributed by atoms with E-state index < -0.39 is 0 Å². The molecule has 1 atom stereocenters. The Morgan fingerprint density at radius 1 is 1.53 bits per heavy atom. The van der Waals surface area contributed by atoms with E-state index in [2.05, 4.69) is 45.1 Å². The molecule has 0 aromatic heterocycles. The smallest absolute Gasteiger partial charge is 0.0378 e. The zero-order valence-electron chi connectivity index (χ0n) is 8.53. The molecule has 1 aliphatic heterocycles. The van der Waals surface area contributed by atoms with E-state index in [0.29, 0.717) is 5.25 Å². The van der Waals surface area contributed by atoms with Crippen LogP contribution in [-0.4, -0.2) is 30.6 Å². The summed E-state index contributed by atoms with van der Waals surface area (Å²) in [4.78, 5) is 2.42. The molecule has 2 nitrogen and oxygen atoms in total. The summed E-state index contributed by atoms with van der Waals surface area (Å²) in [6, 6.07) is 8.47. The Kier molecular flexibility index (Phi) is 3.94. The molecule has 0 radical (unpaired) electrons. The molecular weight excluding hydrogens is 272 g/mol. The lowest BCUT2D eigenvalue weighted by atomic mass is 10.2. The second-order valence-electron chi connectivity index (χ2n) is 3.65. The van der Waals surface area contributed by atoms with Crippen molar-refractivity contribution in [2.24, 2.45) is 5.73 Å². The standard InChI is InChI=1S/C11H15BrN2S/c12-9-2-1-3-10(6-9)14-4-5-15-11(7-13)8-14/h1-3,6,11H,4-5,7-8,13H2. The van der Waals surface area contributed by atoms with Gasteiger partial charge in [-0.15, -0.1) is 0 Å². The van der Waals surface area contributed by atoms with E-state index in [4.69, 9.17) is 5.73 Å². The van der Waals surface area contributed by atoms with Gasteiger partial charge in [0.1, 0.15) is 0 Å². The van der Waals surface area contributed by atoms with Gasteiger partial charge >= 0.3 is 0 Å². The highest BCUT2D eigenvalue weighted by atomic mass is 79.9. The van der Waals surface area contributed by atoms with Gasteiger partial charge in [-0.05, 0) is 18.2 Å². The molecule has 1 saturated heterocycles. The first-order valence-corrected chi connectivity index (χ1v) is 6.96. The highest BCUT2D eigenvalue weighted by Crippen LogP contribution is 2.25. The highest BCUT2D eigenvalue weighted by molar-refractivity contribution is 9.10. The molecule has 0 amide bonds. The predicted octanol–water partition coefficient (Wildman–Crippen LogP) is 2.33. The predicted molar refractivity (Wildman–Crippen MR) is 71.7 cm³/mol. The van der Waals surface area contributed by atoms with Crippen molar-refractivity contribution < 1.29 is 0 Å². The van der Waals surface area contributed by atoms with Crippen molar-refractivity contribution in [1.29, 1.82) is 0 Å². The molecule has 1 fully saturated rings. The molecule has 1 aromatic rings. The van der Waals surface area contributed by atoms with Crippen LogP contribution in [0, 0.1) is 0 Å². The van der Waals surface area contributed by atoms with Gasteiger partial charge in [-0.25, -0.2) is 0 Å². The largest absolute Gasteiger partial charge is 0.370 e. The Hall–Kier alpha value is -0.190. The third-order valence-electron chi connectivity index (χ3n) is 2.58. The van der Waals surface area contributed by atoms with Gasteiger partial charge in [0, 0.05) is 40.8 Å². The Bertz CT molecular complexity index is 332. The van der Waals surface area contributed by atoms with E-state index >= 15 is 0 Å². The first-order valence-electron chi connectivity index (χ1n) is 5.12. The fraction of sp³-hybridized carbons (Fsp3) is 0.455. The first kappa shape index (κ1) is 11.3. The molecule has 0 saturated carbocycles. The highest BCUT2D eigenvalue weighted by Gasteiger charge is 2.19. The molecule has 0 spiro atoms. The minimum Gasteiger partial charge on any atom is -0.370 e. The van der Waals surface area contributed by atoms with Crippen molar-refractivity contribution in [3.8, 4) is 0 Å². The number of anilines is 1. The quantitative estimate of drug-likeness (QED) is 0.905. The number of thioether (sulfide) groups is 1. The van der Waals surface area contributed by atoms with Crippen molar-refractivity contribution >= 4 is 33.4 Å². The third-order valence-corrected chi connectivity index (χ3v) is 4.30. The van der Waals surface area contributed by atoms with E-state index in [1.54, 1.807) is 0 Å². The lowest BCUT2D eigenvalue weighted by molar-refractivity contribution is 0.748. The normalized spacial score (nSPS) is 21.7. The first-order chi connectivity index (χ1) is 7.29. The van der Waals surface area contributed by atoms with Crippen LogP contribution in [0.25, 0.3) is 0 Å². The van der Waals surface area contributed by atoms with Crippen LogP contribution in [0.1, 0.15) is 0 Å². The topological polar surface area (TPSA) is 29.3 Å². The number of rotatable bonds is 2. The molecule has 2 N–H and O–H groups in total. The van der Waals surface area contributed by atoms with Gasteiger partial charge in [0.2, 0.25) is 0 Å². The molecule has 0 aliphatic carbocycles. The second kappa shape index (κ2) is 5.23. The summed E-state index contributed by atoms with van der Waals surface area (Å²) in [7, 11) is 0. The van der Waals surface area contributed by atoms with Gasteiger partial charge in [0.25, 0.3) is 0 Å². The number of hydrogen-bond acceptors (Lipinski definition) is 3. The SMILES string of the molecule is NCC1CN(c2cccc(Br)c2)CCS1. The van der Waals surface area contributed by atoms with Gasteiger partial charge in [-0.1, -0.05) is 22.0 Å². The van der Waals surface area contributed by atoms with Crippen LogP contribution in [0.4, 0.5) is 5.69 Å². The number of halogens is 1. The average Bonchev–Trinajstić information content (AvgIpc) is 2.29. The van der Waals surface area contributed by atoms with Crippen molar-refractivity contribution in [3.05, 3.63) is 28.7 Å². The van der Waals surface area contributed by atoms with Crippen LogP contribution >= 0.6 is 27.7 Å². The molecule has 2 rings (SSSR count). The van der Waals surface area contributed by atoms with E-state index in [9.17, 15) is 0 Å². The van der Waals surface area contributed by atoms with Crippen LogP contribution < -0.4 is 10.6 Å². The van der Waals surface area contributed by atoms with Crippen molar-refractivity contribution in [1.82, 2.24) is 0 Å². The number of nitrogens with two attached hydrogens (primary N) is 1. The van der Waals surface area contributed by atoms with Gasteiger partial charge in [-0.3, -0.25) is 0 Å². The van der Waals surface area contributed by atoms with Crippen molar-refractivity contribution in [3.63, 3.8) is 0 Å². The van der Waals surface area contributed by atoms with E-state index in [-0.39, 0.29) is 0 Å². The maximum absolute atomic E-state index is 5.72. The van der Waals surface area contributed by atoms with Gasteiger partial charge in [0.05, 0.1) is 0 Å². The van der Waals surface area contributed by atoms with E-state index in [1.807, 2.05) is 11.8 Å². The Morgan fingerprint density at radius 3 is 3.13 bits per heavy atom. The van der Waals surface area contributed by atoms with Gasteiger partial charge in [0.15, 0.2) is 0 Å². The van der Waals surface area contributed by atoms with Crippen molar-refractivity contribution in [2.45, 2.75) is 5.25 Å². The maximum atomic E-state index is 5.72. The van der Waals surface area contributed by atoms with E-state index in [0.717, 1.165) is 24.1 Å². The van der Waals surface area contributed by atoms with Gasteiger partial charge < -0.3 is 10.6 Å². The summed E-state index contributed by atoms with van der Waals surface area (Å²) in [6.07, 6.45) is 0. The molecule has 1 aliphatic rings. The molecule has 82 valence electrons. The zero-order valence-corrected chi connectivity index (χ0v) is 10.9. The minimum atomic E-state index is 0.581. The molecule has 1 aromatic carbocycles. The average molecular weight is 287 g/mol. The lowest BCUT2D eigenvalue weighted by Crippen LogP contribution is -2.40. The molecule has 1 unspecified atom stereocenters. The van der Waals surface area contributed by atoms with E-state index in [1.165, 1.54) is 11.4 Å². The summed E-state index contributed by atoms with van der Waals surface area (Å²) in [5, 5.41) is 0.581. The van der Waals surface area contributed by atoms with Crippen LogP contribution in [-0.2, 0) is 0 Å². The fourth-order valence-electron chi connectivity index (χ4n) is 1.77. The van der Waals surface area contributed by atoms with Crippen LogP contribution in [0.2, 0.25) is 0 Å². The summed E-state index contributed by atoms with van der Waals surface area (Å²) in [5.41, 5.74) is 7.01.